The highest BCUT2D eigenvalue weighted by molar-refractivity contribution is 5.91. The van der Waals surface area contributed by atoms with Gasteiger partial charge in [-0.2, -0.15) is 0 Å². The third kappa shape index (κ3) is 18.0. The highest BCUT2D eigenvalue weighted by atomic mass is 16.6. The Morgan fingerprint density at radius 3 is 1.20 bits per heavy atom. The normalized spacial score (nSPS) is 15.9. The molecule has 17 rings (SSSR count). The van der Waals surface area contributed by atoms with E-state index in [-0.39, 0.29) is 30.1 Å². The van der Waals surface area contributed by atoms with Crippen LogP contribution in [0, 0.1) is 33.6 Å². The first kappa shape index (κ1) is 81.4. The van der Waals surface area contributed by atoms with E-state index in [1.807, 2.05) is 93.8 Å². The van der Waals surface area contributed by atoms with E-state index in [1.165, 1.54) is 116 Å². The second kappa shape index (κ2) is 35.1. The maximum absolute atomic E-state index is 12.9. The number of benzene rings is 5. The van der Waals surface area contributed by atoms with Crippen molar-refractivity contribution in [2.75, 3.05) is 68.5 Å². The number of nitrogens with zero attached hydrogens (tertiary/aromatic N) is 13. The van der Waals surface area contributed by atoms with E-state index < -0.39 is 17.2 Å². The Balaban J connectivity index is 0.000000128. The molecule has 4 aliphatic rings. The summed E-state index contributed by atoms with van der Waals surface area (Å²) in [6.45, 7) is 26.9. The van der Waals surface area contributed by atoms with Crippen LogP contribution in [0.15, 0.2) is 201 Å². The zero-order valence-electron chi connectivity index (χ0n) is 69.9. The third-order valence-electron chi connectivity index (χ3n) is 23.5. The molecular weight excluding hydrogens is 1450 g/mol. The zero-order chi connectivity index (χ0) is 81.7. The molecule has 12 heterocycles. The van der Waals surface area contributed by atoms with Gasteiger partial charge in [0.05, 0.1) is 36.7 Å². The average molecular weight is 1560 g/mol. The van der Waals surface area contributed by atoms with Crippen molar-refractivity contribution in [2.45, 2.75) is 157 Å². The van der Waals surface area contributed by atoms with Crippen molar-refractivity contribution in [3.8, 4) is 0 Å². The Labute approximate surface area is 682 Å². The number of fused-ring (bicyclic) bond motifs is 12. The molecule has 0 saturated heterocycles. The molecule has 4 atom stereocenters. The molecule has 602 valence electrons. The second-order valence-electron chi connectivity index (χ2n) is 33.4. The van der Waals surface area contributed by atoms with Gasteiger partial charge in [0.25, 0.3) is 0 Å². The third-order valence-corrected chi connectivity index (χ3v) is 23.5. The molecular formula is C96H112N14O6. The van der Waals surface area contributed by atoms with Crippen LogP contribution in [0.5, 0.6) is 0 Å². The van der Waals surface area contributed by atoms with Crippen LogP contribution in [0.3, 0.4) is 0 Å². The van der Waals surface area contributed by atoms with E-state index >= 15 is 0 Å². The number of nitrogens with two attached hydrogens (primary N) is 1. The van der Waals surface area contributed by atoms with Gasteiger partial charge in [-0.3, -0.25) is 24.7 Å². The number of rotatable bonds is 17. The maximum atomic E-state index is 12.9. The predicted molar refractivity (Wildman–Crippen MR) is 461 cm³/mol. The highest BCUT2D eigenvalue weighted by Gasteiger charge is 2.37. The van der Waals surface area contributed by atoms with Crippen LogP contribution in [0.1, 0.15) is 140 Å². The van der Waals surface area contributed by atoms with Crippen LogP contribution >= 0.6 is 0 Å². The lowest BCUT2D eigenvalue weighted by Crippen LogP contribution is -2.39. The minimum absolute atomic E-state index is 0.187. The number of pyridine rings is 4. The van der Waals surface area contributed by atoms with Crippen molar-refractivity contribution in [1.82, 2.24) is 62.7 Å². The molecule has 0 saturated carbocycles. The molecule has 0 bridgehead atoms. The lowest BCUT2D eigenvalue weighted by molar-refractivity contribution is -0.164. The number of esters is 2. The molecule has 13 aromatic rings. The predicted octanol–water partition coefficient (Wildman–Crippen LogP) is 16.4. The van der Waals surface area contributed by atoms with Crippen molar-refractivity contribution in [3.63, 3.8) is 0 Å². The van der Waals surface area contributed by atoms with Crippen molar-refractivity contribution < 1.29 is 28.6 Å². The summed E-state index contributed by atoms with van der Waals surface area (Å²) in [5.41, 5.74) is 31.0. The van der Waals surface area contributed by atoms with Crippen LogP contribution in [0.2, 0.25) is 0 Å². The van der Waals surface area contributed by atoms with E-state index in [0.717, 1.165) is 107 Å². The number of hydrogen-bond acceptors (Lipinski definition) is 15. The Bertz CT molecular complexity index is 5640. The lowest BCUT2D eigenvalue weighted by atomic mass is 9.94. The summed E-state index contributed by atoms with van der Waals surface area (Å²) in [7, 11) is 12.1. The van der Waals surface area contributed by atoms with Gasteiger partial charge in [-0.05, 0) is 206 Å². The van der Waals surface area contributed by atoms with Gasteiger partial charge in [-0.15, -0.1) is 0 Å². The Morgan fingerprint density at radius 2 is 0.819 bits per heavy atom. The van der Waals surface area contributed by atoms with E-state index in [2.05, 4.69) is 199 Å². The van der Waals surface area contributed by atoms with Gasteiger partial charge in [0.1, 0.15) is 12.2 Å². The summed E-state index contributed by atoms with van der Waals surface area (Å²) in [6, 6.07) is 51.5. The first-order chi connectivity index (χ1) is 55.8. The van der Waals surface area contributed by atoms with E-state index in [1.54, 1.807) is 63.4 Å². The fourth-order valence-corrected chi connectivity index (χ4v) is 17.1. The average Bonchev–Trinajstić information content (AvgIpc) is 1.61. The number of hydrogen-bond donors (Lipinski definition) is 1. The number of carbonyl (C=O) groups excluding carboxylic acids is 3. The smallest absolute Gasteiger partial charge is 0.409 e. The molecule has 20 heteroatoms. The van der Waals surface area contributed by atoms with Crippen LogP contribution in [-0.4, -0.2) is 149 Å². The molecule has 20 nitrogen and oxygen atoms in total. The number of ether oxygens (including phenoxy) is 3. The standard InChI is InChI=1S/C27H27N3O2.C25H31N3O2.C23H28N4O2.C21H26N4/c1-19-8-9-24-22(16-19)23-17-29(2)15-12-25(23)30(24)18-26(20-10-13-28-14-11-20)32-27(31)21-6-4-3-5-7-21;1-17(2)24(29)30-25(4,19-7-6-11-26-14-19)16-28-22-9-8-18(3)13-20(22)21-15-27(5)12-10-23(21)28;1-16-5-6-20-18(13-16)19-14-26(4)12-9-21(19)27(20)15-22(29-23(28)25(2)3)17-7-10-24-11-8-17;1-15-6-7-19-17(11-15)18-13-24(3)10-8-20(18)25(19)14-21(2,22)16-5-4-9-23-12-16/h3-11,13-14,16,26H,12,15,17-18H2,1-2H3;6-9,11,13-14,17H,10,12,15-16H2,1-5H3;5-8,10-11,13,22H,9,12,14-15H2,1-4H3;4-7,9,11-12H,8,10,13-14,22H2,1-3H3. The zero-order valence-corrected chi connectivity index (χ0v) is 69.9. The molecule has 0 fully saturated rings. The Morgan fingerprint density at radius 1 is 0.448 bits per heavy atom. The summed E-state index contributed by atoms with van der Waals surface area (Å²) in [5.74, 6) is -0.691. The first-order valence-corrected chi connectivity index (χ1v) is 40.7. The molecule has 8 aromatic heterocycles. The van der Waals surface area contributed by atoms with Crippen molar-refractivity contribution in [1.29, 1.82) is 0 Å². The largest absolute Gasteiger partial charge is 0.452 e. The van der Waals surface area contributed by atoms with Crippen LogP contribution < -0.4 is 5.73 Å². The minimum atomic E-state index is -0.802. The first-order valence-electron chi connectivity index (χ1n) is 40.7. The summed E-state index contributed by atoms with van der Waals surface area (Å²) in [6.07, 6.45) is 17.1. The second-order valence-corrected chi connectivity index (χ2v) is 33.4. The van der Waals surface area contributed by atoms with Gasteiger partial charge in [-0.1, -0.05) is 90.7 Å². The number of aryl methyl sites for hydroxylation is 4. The Kier molecular flexibility index (Phi) is 24.7. The molecule has 1 amide bonds. The van der Waals surface area contributed by atoms with Crippen molar-refractivity contribution >= 4 is 61.6 Å². The summed E-state index contributed by atoms with van der Waals surface area (Å²) in [4.78, 5) is 65.7. The molecule has 5 aromatic carbocycles. The van der Waals surface area contributed by atoms with Crippen LogP contribution in [0.4, 0.5) is 4.79 Å². The number of carbonyl (C=O) groups is 3. The minimum Gasteiger partial charge on any atom is -0.452 e. The summed E-state index contributed by atoms with van der Waals surface area (Å²) < 4.78 is 27.6. The molecule has 4 aliphatic heterocycles. The SMILES string of the molecule is Cc1ccc2c(c1)c1c(n2CC(C)(N)c2cccnc2)CCN(C)C1.Cc1ccc2c(c1)c1c(n2CC(C)(OC(=O)C(C)C)c2cccnc2)CCN(C)C1.Cc1ccc2c(c1)c1c(n2CC(OC(=O)N(C)C)c2ccncc2)CCN(C)C1.Cc1ccc2c(c1)c1c(n2CC(OC(=O)c2ccccc2)c2ccncc2)CCN(C)C1. The number of aromatic nitrogens is 8. The van der Waals surface area contributed by atoms with Gasteiger partial charge in [0, 0.05) is 220 Å². The monoisotopic (exact) mass is 1560 g/mol. The fourth-order valence-electron chi connectivity index (χ4n) is 17.1. The quantitative estimate of drug-likeness (QED) is 0.0668. The van der Waals surface area contributed by atoms with Crippen LogP contribution in [0.25, 0.3) is 43.6 Å². The van der Waals surface area contributed by atoms with Gasteiger partial charge >= 0.3 is 18.0 Å². The van der Waals surface area contributed by atoms with E-state index in [0.29, 0.717) is 25.2 Å². The van der Waals surface area contributed by atoms with Crippen LogP contribution in [-0.2, 0) is 108 Å². The summed E-state index contributed by atoms with van der Waals surface area (Å²) in [5, 5.41) is 5.29. The number of likely N-dealkylation sites (N-methyl/N-ethyl adjacent to an activating group) is 4. The van der Waals surface area contributed by atoms with E-state index in [9.17, 15) is 14.4 Å². The molecule has 116 heavy (non-hydrogen) atoms. The molecule has 4 unspecified atom stereocenters. The lowest BCUT2D eigenvalue weighted by Gasteiger charge is -2.33. The van der Waals surface area contributed by atoms with Crippen molar-refractivity contribution in [2.24, 2.45) is 11.7 Å². The maximum Gasteiger partial charge on any atom is 0.409 e. The van der Waals surface area contributed by atoms with Gasteiger partial charge in [0.15, 0.2) is 5.60 Å². The van der Waals surface area contributed by atoms with Gasteiger partial charge in [0.2, 0.25) is 0 Å². The van der Waals surface area contributed by atoms with Gasteiger partial charge < -0.3 is 62.7 Å². The molecule has 0 spiro atoms. The fraction of sp³-hybridized carbons (Fsp3) is 0.365. The Hall–Kier alpha value is -11.1. The molecule has 0 radical (unpaired) electrons. The topological polar surface area (TPSA) is 192 Å². The van der Waals surface area contributed by atoms with E-state index in [4.69, 9.17) is 19.9 Å². The van der Waals surface area contributed by atoms with Crippen molar-refractivity contribution in [3.05, 3.63) is 296 Å². The number of amides is 1. The van der Waals surface area contributed by atoms with Gasteiger partial charge in [-0.25, -0.2) is 9.59 Å². The molecule has 2 N–H and O–H groups in total. The highest BCUT2D eigenvalue weighted by Crippen LogP contribution is 2.40. The summed E-state index contributed by atoms with van der Waals surface area (Å²) >= 11 is 0. The molecule has 0 aliphatic carbocycles.